The number of thiophene rings is 1. The highest BCUT2D eigenvalue weighted by molar-refractivity contribution is 8.01. The van der Waals surface area contributed by atoms with Crippen LogP contribution in [0.2, 0.25) is 0 Å². The summed E-state index contributed by atoms with van der Waals surface area (Å²) >= 11 is 2.44. The molecule has 0 unspecified atom stereocenters. The standard InChI is InChI=1S/C9H11NO4S2/c1-6(12)8-5-7(10(13)14)9(16-8)15-4-2-3-11/h5,11H,2-4H2,1H3. The van der Waals surface area contributed by atoms with Gasteiger partial charge in [0, 0.05) is 18.4 Å². The van der Waals surface area contributed by atoms with Crippen molar-refractivity contribution in [1.82, 2.24) is 0 Å². The normalized spacial score (nSPS) is 10.4. The van der Waals surface area contributed by atoms with E-state index in [4.69, 9.17) is 5.11 Å². The third-order valence-electron chi connectivity index (χ3n) is 1.76. The van der Waals surface area contributed by atoms with Gasteiger partial charge in [0.2, 0.25) is 0 Å². The fourth-order valence-electron chi connectivity index (χ4n) is 0.998. The smallest absolute Gasteiger partial charge is 0.294 e. The Morgan fingerprint density at radius 1 is 1.69 bits per heavy atom. The maximum Gasteiger partial charge on any atom is 0.294 e. The summed E-state index contributed by atoms with van der Waals surface area (Å²) in [6.45, 7) is 1.45. The monoisotopic (exact) mass is 261 g/mol. The number of hydrogen-bond donors (Lipinski definition) is 1. The van der Waals surface area contributed by atoms with Gasteiger partial charge in [-0.2, -0.15) is 0 Å². The molecule has 0 radical (unpaired) electrons. The SMILES string of the molecule is CC(=O)c1cc([N+](=O)[O-])c(SCCCO)s1. The van der Waals surface area contributed by atoms with Gasteiger partial charge in [-0.05, 0) is 13.3 Å². The Labute approximate surface area is 101 Å². The molecule has 1 aromatic heterocycles. The Morgan fingerprint density at radius 3 is 2.88 bits per heavy atom. The van der Waals surface area contributed by atoms with E-state index in [9.17, 15) is 14.9 Å². The number of thioether (sulfide) groups is 1. The number of rotatable bonds is 6. The number of aliphatic hydroxyl groups is 1. The van der Waals surface area contributed by atoms with Crippen molar-refractivity contribution < 1.29 is 14.8 Å². The number of ketones is 1. The van der Waals surface area contributed by atoms with Gasteiger partial charge in [0.05, 0.1) is 9.80 Å². The van der Waals surface area contributed by atoms with Gasteiger partial charge >= 0.3 is 0 Å². The van der Waals surface area contributed by atoms with Crippen LogP contribution in [0.5, 0.6) is 0 Å². The fraction of sp³-hybridized carbons (Fsp3) is 0.444. The van der Waals surface area contributed by atoms with Gasteiger partial charge in [0.25, 0.3) is 5.69 Å². The molecule has 1 rings (SSSR count). The molecule has 0 aromatic carbocycles. The minimum absolute atomic E-state index is 0.0156. The number of nitrogens with zero attached hydrogens (tertiary/aromatic N) is 1. The average molecular weight is 261 g/mol. The van der Waals surface area contributed by atoms with Crippen LogP contribution in [0.15, 0.2) is 10.3 Å². The molecule has 1 heterocycles. The highest BCUT2D eigenvalue weighted by Crippen LogP contribution is 2.37. The van der Waals surface area contributed by atoms with E-state index in [2.05, 4.69) is 0 Å². The molecule has 0 aliphatic carbocycles. The number of aliphatic hydroxyl groups excluding tert-OH is 1. The van der Waals surface area contributed by atoms with Crippen molar-refractivity contribution in [2.24, 2.45) is 0 Å². The van der Waals surface area contributed by atoms with Gasteiger partial charge in [-0.15, -0.1) is 23.1 Å². The number of hydrogen-bond acceptors (Lipinski definition) is 6. The minimum Gasteiger partial charge on any atom is -0.396 e. The first kappa shape index (κ1) is 13.1. The maximum atomic E-state index is 11.1. The predicted molar refractivity (Wildman–Crippen MR) is 63.4 cm³/mol. The number of carbonyl (C=O) groups is 1. The minimum atomic E-state index is -0.482. The van der Waals surface area contributed by atoms with Gasteiger partial charge in [-0.25, -0.2) is 0 Å². The van der Waals surface area contributed by atoms with E-state index < -0.39 is 4.92 Å². The van der Waals surface area contributed by atoms with E-state index in [1.165, 1.54) is 24.8 Å². The van der Waals surface area contributed by atoms with Crippen molar-refractivity contribution in [3.63, 3.8) is 0 Å². The van der Waals surface area contributed by atoms with E-state index in [1.807, 2.05) is 0 Å². The number of carbonyl (C=O) groups excluding carboxylic acids is 1. The summed E-state index contributed by atoms with van der Waals surface area (Å²) in [6.07, 6.45) is 0.578. The first-order valence-electron chi connectivity index (χ1n) is 4.59. The van der Waals surface area contributed by atoms with Gasteiger partial charge in [0.1, 0.15) is 4.21 Å². The second kappa shape index (κ2) is 5.97. The zero-order valence-corrected chi connectivity index (χ0v) is 10.3. The van der Waals surface area contributed by atoms with Crippen LogP contribution in [-0.2, 0) is 0 Å². The van der Waals surface area contributed by atoms with E-state index in [0.717, 1.165) is 11.3 Å². The maximum absolute atomic E-state index is 11.1. The molecule has 0 saturated carbocycles. The zero-order valence-electron chi connectivity index (χ0n) is 8.63. The molecule has 0 atom stereocenters. The lowest BCUT2D eigenvalue weighted by Gasteiger charge is -1.95. The predicted octanol–water partition coefficient (Wildman–Crippen LogP) is 2.33. The highest BCUT2D eigenvalue weighted by Gasteiger charge is 2.20. The molecule has 88 valence electrons. The Kier molecular flexibility index (Phi) is 4.91. The van der Waals surface area contributed by atoms with Gasteiger partial charge in [0.15, 0.2) is 5.78 Å². The van der Waals surface area contributed by atoms with Crippen LogP contribution in [0.25, 0.3) is 0 Å². The van der Waals surface area contributed by atoms with E-state index in [0.29, 0.717) is 21.3 Å². The summed E-state index contributed by atoms with van der Waals surface area (Å²) < 4.78 is 0.531. The molecule has 5 nitrogen and oxygen atoms in total. The Morgan fingerprint density at radius 2 is 2.38 bits per heavy atom. The lowest BCUT2D eigenvalue weighted by atomic mass is 10.3. The summed E-state index contributed by atoms with van der Waals surface area (Å²) in [5, 5.41) is 19.3. The summed E-state index contributed by atoms with van der Waals surface area (Å²) in [7, 11) is 0. The van der Waals surface area contributed by atoms with E-state index in [1.54, 1.807) is 0 Å². The molecule has 7 heteroatoms. The summed E-state index contributed by atoms with van der Waals surface area (Å²) in [4.78, 5) is 21.7. The van der Waals surface area contributed by atoms with Crippen LogP contribution in [-0.4, -0.2) is 28.2 Å². The quantitative estimate of drug-likeness (QED) is 0.279. The van der Waals surface area contributed by atoms with Crippen LogP contribution in [0, 0.1) is 10.1 Å². The number of Topliss-reactive ketones (excluding diaryl/α,β-unsaturated/α-hetero) is 1. The van der Waals surface area contributed by atoms with Crippen molar-refractivity contribution in [3.8, 4) is 0 Å². The Hall–Kier alpha value is -0.920. The van der Waals surface area contributed by atoms with Crippen molar-refractivity contribution in [3.05, 3.63) is 21.1 Å². The molecular formula is C9H11NO4S2. The summed E-state index contributed by atoms with van der Waals surface area (Å²) in [5.41, 5.74) is -0.0156. The molecule has 1 N–H and O–H groups in total. The largest absolute Gasteiger partial charge is 0.396 e. The molecule has 0 saturated heterocycles. The van der Waals surface area contributed by atoms with Crippen LogP contribution in [0.3, 0.4) is 0 Å². The molecule has 0 bridgehead atoms. The van der Waals surface area contributed by atoms with Crippen molar-refractivity contribution in [2.45, 2.75) is 17.6 Å². The molecule has 0 aliphatic heterocycles. The Bertz CT molecular complexity index is 402. The average Bonchev–Trinajstić information content (AvgIpc) is 2.62. The summed E-state index contributed by atoms with van der Waals surface area (Å²) in [5.74, 6) is 0.442. The molecule has 0 amide bonds. The first-order valence-corrected chi connectivity index (χ1v) is 6.39. The van der Waals surface area contributed by atoms with Crippen LogP contribution in [0.4, 0.5) is 5.69 Å². The second-order valence-corrected chi connectivity index (χ2v) is 5.44. The topological polar surface area (TPSA) is 80.4 Å². The van der Waals surface area contributed by atoms with Gasteiger partial charge < -0.3 is 5.11 Å². The molecule has 0 aliphatic rings. The lowest BCUT2D eigenvalue weighted by Crippen LogP contribution is -1.89. The van der Waals surface area contributed by atoms with Crippen molar-refractivity contribution >= 4 is 34.6 Å². The van der Waals surface area contributed by atoms with Gasteiger partial charge in [-0.3, -0.25) is 14.9 Å². The van der Waals surface area contributed by atoms with Crippen LogP contribution >= 0.6 is 23.1 Å². The van der Waals surface area contributed by atoms with E-state index >= 15 is 0 Å². The fourth-order valence-corrected chi connectivity index (χ4v) is 3.25. The lowest BCUT2D eigenvalue weighted by molar-refractivity contribution is -0.387. The van der Waals surface area contributed by atoms with Crippen LogP contribution < -0.4 is 0 Å². The van der Waals surface area contributed by atoms with Crippen molar-refractivity contribution in [2.75, 3.05) is 12.4 Å². The second-order valence-electron chi connectivity index (χ2n) is 3.02. The summed E-state index contributed by atoms with van der Waals surface area (Å²) in [6, 6.07) is 1.31. The zero-order chi connectivity index (χ0) is 12.1. The molecule has 1 aromatic rings. The molecule has 16 heavy (non-hydrogen) atoms. The first-order chi connectivity index (χ1) is 7.56. The highest BCUT2D eigenvalue weighted by atomic mass is 32.2. The van der Waals surface area contributed by atoms with Crippen molar-refractivity contribution in [1.29, 1.82) is 0 Å². The van der Waals surface area contributed by atoms with Gasteiger partial charge in [-0.1, -0.05) is 0 Å². The number of nitro groups is 1. The molecular weight excluding hydrogens is 250 g/mol. The van der Waals surface area contributed by atoms with Crippen LogP contribution in [0.1, 0.15) is 23.0 Å². The third kappa shape index (κ3) is 3.29. The van der Waals surface area contributed by atoms with E-state index in [-0.39, 0.29) is 18.1 Å². The third-order valence-corrected chi connectivity index (χ3v) is 4.35. The Balaban J connectivity index is 2.87. The molecule has 0 spiro atoms. The molecule has 0 fully saturated rings.